The maximum atomic E-state index is 12.6. The van der Waals surface area contributed by atoms with Crippen LogP contribution < -0.4 is 11.1 Å². The summed E-state index contributed by atoms with van der Waals surface area (Å²) < 4.78 is 37.7. The maximum Gasteiger partial charge on any atom is 0.416 e. The number of halogens is 3. The molecule has 1 aromatic carbocycles. The molecule has 2 amide bonds. The van der Waals surface area contributed by atoms with Crippen molar-refractivity contribution in [1.29, 1.82) is 0 Å². The van der Waals surface area contributed by atoms with Crippen LogP contribution >= 0.6 is 0 Å². The van der Waals surface area contributed by atoms with Gasteiger partial charge in [0, 0.05) is 24.8 Å². The predicted octanol–water partition coefficient (Wildman–Crippen LogP) is 2.91. The summed E-state index contributed by atoms with van der Waals surface area (Å²) in [4.78, 5) is 13.4. The van der Waals surface area contributed by atoms with Crippen LogP contribution in [-0.2, 0) is 6.18 Å². The molecule has 0 heterocycles. The number of benzene rings is 1. The minimum absolute atomic E-state index is 0.0932. The van der Waals surface area contributed by atoms with Crippen LogP contribution in [0.2, 0.25) is 0 Å². The average molecular weight is 289 g/mol. The van der Waals surface area contributed by atoms with Crippen LogP contribution in [0.25, 0.3) is 0 Å². The molecule has 0 fully saturated rings. The highest BCUT2D eigenvalue weighted by Gasteiger charge is 2.30. The molecule has 4 nitrogen and oxygen atoms in total. The van der Waals surface area contributed by atoms with Gasteiger partial charge in [0.05, 0.1) is 5.56 Å². The van der Waals surface area contributed by atoms with Crippen LogP contribution in [0.1, 0.15) is 19.4 Å². The van der Waals surface area contributed by atoms with E-state index in [1.54, 1.807) is 13.8 Å². The summed E-state index contributed by atoms with van der Waals surface area (Å²) >= 11 is 0. The van der Waals surface area contributed by atoms with Crippen molar-refractivity contribution in [3.05, 3.63) is 29.8 Å². The second-order valence-electron chi connectivity index (χ2n) is 4.58. The van der Waals surface area contributed by atoms with Gasteiger partial charge in [-0.25, -0.2) is 4.79 Å². The smallest absolute Gasteiger partial charge is 0.329 e. The van der Waals surface area contributed by atoms with E-state index in [1.807, 2.05) is 0 Å². The van der Waals surface area contributed by atoms with Gasteiger partial charge in [-0.15, -0.1) is 0 Å². The van der Waals surface area contributed by atoms with E-state index in [2.05, 4.69) is 5.32 Å². The first-order valence-electron chi connectivity index (χ1n) is 6.20. The van der Waals surface area contributed by atoms with Crippen molar-refractivity contribution < 1.29 is 18.0 Å². The van der Waals surface area contributed by atoms with E-state index in [0.717, 1.165) is 12.1 Å². The first-order chi connectivity index (χ1) is 9.25. The van der Waals surface area contributed by atoms with Crippen molar-refractivity contribution in [2.24, 2.45) is 5.73 Å². The first kappa shape index (κ1) is 16.3. The lowest BCUT2D eigenvalue weighted by molar-refractivity contribution is -0.137. The Morgan fingerprint density at radius 2 is 2.05 bits per heavy atom. The fraction of sp³-hybridized carbons (Fsp3) is 0.462. The highest BCUT2D eigenvalue weighted by molar-refractivity contribution is 5.89. The lowest BCUT2D eigenvalue weighted by atomic mass is 10.2. The summed E-state index contributed by atoms with van der Waals surface area (Å²) in [6.07, 6.45) is -4.43. The molecular weight excluding hydrogens is 271 g/mol. The van der Waals surface area contributed by atoms with Crippen molar-refractivity contribution in [2.75, 3.05) is 18.4 Å². The van der Waals surface area contributed by atoms with Crippen LogP contribution in [0.15, 0.2) is 24.3 Å². The van der Waals surface area contributed by atoms with Gasteiger partial charge < -0.3 is 16.0 Å². The van der Waals surface area contributed by atoms with Gasteiger partial charge in [0.25, 0.3) is 0 Å². The normalized spacial score (nSPS) is 11.6. The molecule has 0 saturated heterocycles. The molecule has 0 atom stereocenters. The Bertz CT molecular complexity index is 460. The summed E-state index contributed by atoms with van der Waals surface area (Å²) in [6.45, 7) is 4.24. The highest BCUT2D eigenvalue weighted by Crippen LogP contribution is 2.30. The zero-order valence-electron chi connectivity index (χ0n) is 11.4. The molecule has 0 bridgehead atoms. The third kappa shape index (κ3) is 4.41. The largest absolute Gasteiger partial charge is 0.416 e. The van der Waals surface area contributed by atoms with Crippen LogP contribution in [0.4, 0.5) is 23.7 Å². The number of hydrogen-bond donors (Lipinski definition) is 2. The predicted molar refractivity (Wildman–Crippen MR) is 71.4 cm³/mol. The number of carbonyl (C=O) groups is 1. The van der Waals surface area contributed by atoms with Crippen LogP contribution in [-0.4, -0.2) is 30.1 Å². The van der Waals surface area contributed by atoms with E-state index in [1.165, 1.54) is 17.0 Å². The number of rotatable bonds is 4. The third-order valence-electron chi connectivity index (χ3n) is 2.70. The number of alkyl halides is 3. The summed E-state index contributed by atoms with van der Waals surface area (Å²) in [6, 6.07) is 3.96. The van der Waals surface area contributed by atoms with Crippen molar-refractivity contribution in [3.8, 4) is 0 Å². The molecule has 0 aromatic heterocycles. The molecule has 7 heteroatoms. The summed E-state index contributed by atoms with van der Waals surface area (Å²) in [7, 11) is 0. The van der Waals surface area contributed by atoms with E-state index in [4.69, 9.17) is 5.73 Å². The molecule has 0 radical (unpaired) electrons. The van der Waals surface area contributed by atoms with E-state index in [-0.39, 0.29) is 18.3 Å². The molecule has 0 spiro atoms. The number of amides is 2. The number of nitrogens with zero attached hydrogens (tertiary/aromatic N) is 1. The fourth-order valence-electron chi connectivity index (χ4n) is 1.70. The van der Waals surface area contributed by atoms with Gasteiger partial charge >= 0.3 is 12.2 Å². The summed E-state index contributed by atoms with van der Waals surface area (Å²) in [5, 5.41) is 2.45. The van der Waals surface area contributed by atoms with E-state index in [9.17, 15) is 18.0 Å². The SMILES string of the molecule is CC(C)N(CCN)C(=O)Nc1cccc(C(F)(F)F)c1. The lowest BCUT2D eigenvalue weighted by Crippen LogP contribution is -2.42. The number of urea groups is 1. The zero-order chi connectivity index (χ0) is 15.3. The Labute approximate surface area is 115 Å². The van der Waals surface area contributed by atoms with Crippen molar-refractivity contribution >= 4 is 11.7 Å². The van der Waals surface area contributed by atoms with Crippen LogP contribution in [0, 0.1) is 0 Å². The molecule has 0 aliphatic rings. The molecule has 112 valence electrons. The summed E-state index contributed by atoms with van der Waals surface area (Å²) in [5.74, 6) is 0. The number of hydrogen-bond acceptors (Lipinski definition) is 2. The van der Waals surface area contributed by atoms with Gasteiger partial charge in [-0.1, -0.05) is 6.07 Å². The Morgan fingerprint density at radius 1 is 1.40 bits per heavy atom. The molecule has 0 aliphatic carbocycles. The van der Waals surface area contributed by atoms with Gasteiger partial charge in [0.15, 0.2) is 0 Å². The number of nitrogens with one attached hydrogen (secondary N) is 1. The van der Waals surface area contributed by atoms with Gasteiger partial charge in [0.1, 0.15) is 0 Å². The highest BCUT2D eigenvalue weighted by atomic mass is 19.4. The minimum Gasteiger partial charge on any atom is -0.329 e. The number of anilines is 1. The second kappa shape index (κ2) is 6.60. The van der Waals surface area contributed by atoms with Gasteiger partial charge in [-0.2, -0.15) is 13.2 Å². The topological polar surface area (TPSA) is 58.4 Å². The standard InChI is InChI=1S/C13H18F3N3O/c1-9(2)19(7-6-17)12(20)18-11-5-3-4-10(8-11)13(14,15)16/h3-5,8-9H,6-7,17H2,1-2H3,(H,18,20). The molecular formula is C13H18F3N3O. The first-order valence-corrected chi connectivity index (χ1v) is 6.20. The molecule has 1 rings (SSSR count). The monoisotopic (exact) mass is 289 g/mol. The van der Waals surface area contributed by atoms with E-state index in [0.29, 0.717) is 6.54 Å². The Kier molecular flexibility index (Phi) is 5.38. The van der Waals surface area contributed by atoms with E-state index < -0.39 is 17.8 Å². The second-order valence-corrected chi connectivity index (χ2v) is 4.58. The molecule has 1 aromatic rings. The number of nitrogens with two attached hydrogens (primary N) is 1. The van der Waals surface area contributed by atoms with Crippen LogP contribution in [0.5, 0.6) is 0 Å². The Hall–Kier alpha value is -1.76. The quantitative estimate of drug-likeness (QED) is 0.895. The van der Waals surface area contributed by atoms with Gasteiger partial charge in [-0.3, -0.25) is 0 Å². The lowest BCUT2D eigenvalue weighted by Gasteiger charge is -2.26. The maximum absolute atomic E-state index is 12.6. The van der Waals surface area contributed by atoms with Gasteiger partial charge in [0.2, 0.25) is 0 Å². The third-order valence-corrected chi connectivity index (χ3v) is 2.70. The van der Waals surface area contributed by atoms with Crippen molar-refractivity contribution in [1.82, 2.24) is 4.90 Å². The van der Waals surface area contributed by atoms with Crippen molar-refractivity contribution in [2.45, 2.75) is 26.1 Å². The average Bonchev–Trinajstić information content (AvgIpc) is 2.34. The number of carbonyl (C=O) groups excluding carboxylic acids is 1. The Balaban J connectivity index is 2.85. The van der Waals surface area contributed by atoms with Crippen LogP contribution in [0.3, 0.4) is 0 Å². The molecule has 0 aliphatic heterocycles. The molecule has 0 unspecified atom stereocenters. The van der Waals surface area contributed by atoms with Crippen molar-refractivity contribution in [3.63, 3.8) is 0 Å². The zero-order valence-corrected chi connectivity index (χ0v) is 11.4. The van der Waals surface area contributed by atoms with Gasteiger partial charge in [-0.05, 0) is 32.0 Å². The molecule has 20 heavy (non-hydrogen) atoms. The fourth-order valence-corrected chi connectivity index (χ4v) is 1.70. The molecule has 3 N–H and O–H groups in total. The Morgan fingerprint density at radius 3 is 2.55 bits per heavy atom. The molecule has 0 saturated carbocycles. The van der Waals surface area contributed by atoms with E-state index >= 15 is 0 Å². The summed E-state index contributed by atoms with van der Waals surface area (Å²) in [5.41, 5.74) is 4.71. The minimum atomic E-state index is -4.43.